The van der Waals surface area contributed by atoms with E-state index in [2.05, 4.69) is 5.43 Å². The third-order valence-electron chi connectivity index (χ3n) is 3.54. The third-order valence-corrected chi connectivity index (χ3v) is 4.40. The first-order valence-corrected chi connectivity index (χ1v) is 9.76. The van der Waals surface area contributed by atoms with Gasteiger partial charge in [-0.1, -0.05) is 29.8 Å². The Morgan fingerprint density at radius 2 is 1.62 bits per heavy atom. The fraction of sp³-hybridized carbons (Fsp3) is 0.278. The highest BCUT2D eigenvalue weighted by molar-refractivity contribution is 7.89. The molecular weight excluding hydrogens is 324 g/mol. The fourth-order valence-corrected chi connectivity index (χ4v) is 3.09. The van der Waals surface area contributed by atoms with E-state index in [1.165, 1.54) is 6.26 Å². The minimum Gasteiger partial charge on any atom is -0.286 e. The van der Waals surface area contributed by atoms with Gasteiger partial charge in [0, 0.05) is 18.4 Å². The number of nitrogens with one attached hydrogen (secondary N) is 1. The van der Waals surface area contributed by atoms with Gasteiger partial charge in [0.05, 0.1) is 11.4 Å². The summed E-state index contributed by atoms with van der Waals surface area (Å²) in [6.45, 7) is 4.59. The molecule has 128 valence electrons. The lowest BCUT2D eigenvalue weighted by Gasteiger charge is -2.24. The molecule has 0 atom stereocenters. The molecular formula is C18H22N2O3S. The van der Waals surface area contributed by atoms with Gasteiger partial charge in [-0.25, -0.2) is 8.42 Å². The van der Waals surface area contributed by atoms with Crippen LogP contribution < -0.4 is 10.4 Å². The van der Waals surface area contributed by atoms with Gasteiger partial charge < -0.3 is 0 Å². The van der Waals surface area contributed by atoms with Crippen molar-refractivity contribution in [2.24, 2.45) is 0 Å². The fourth-order valence-electron chi connectivity index (χ4n) is 2.29. The lowest BCUT2D eigenvalue weighted by Crippen LogP contribution is -2.42. The van der Waals surface area contributed by atoms with Crippen LogP contribution in [0.2, 0.25) is 0 Å². The molecule has 0 aliphatic carbocycles. The van der Waals surface area contributed by atoms with E-state index in [9.17, 15) is 13.2 Å². The first-order valence-electron chi connectivity index (χ1n) is 7.70. The van der Waals surface area contributed by atoms with Crippen LogP contribution in [0.15, 0.2) is 48.5 Å². The molecule has 0 unspecified atom stereocenters. The van der Waals surface area contributed by atoms with Gasteiger partial charge in [-0.2, -0.15) is 0 Å². The summed E-state index contributed by atoms with van der Waals surface area (Å²) in [7, 11) is -3.08. The second-order valence-corrected chi connectivity index (χ2v) is 7.93. The quantitative estimate of drug-likeness (QED) is 0.817. The number of hydrogen-bond donors (Lipinski definition) is 1. The monoisotopic (exact) mass is 346 g/mol. The van der Waals surface area contributed by atoms with Crippen LogP contribution in [0.1, 0.15) is 28.4 Å². The van der Waals surface area contributed by atoms with E-state index in [4.69, 9.17) is 0 Å². The molecule has 0 bridgehead atoms. The van der Waals surface area contributed by atoms with Crippen LogP contribution in [-0.4, -0.2) is 27.1 Å². The van der Waals surface area contributed by atoms with Gasteiger partial charge in [0.1, 0.15) is 0 Å². The predicted octanol–water partition coefficient (Wildman–Crippen LogP) is 2.71. The number of benzene rings is 2. The van der Waals surface area contributed by atoms with Crippen LogP contribution in [0.25, 0.3) is 0 Å². The predicted molar refractivity (Wildman–Crippen MR) is 96.7 cm³/mol. The Morgan fingerprint density at radius 3 is 2.12 bits per heavy atom. The van der Waals surface area contributed by atoms with Gasteiger partial charge >= 0.3 is 0 Å². The van der Waals surface area contributed by atoms with Crippen LogP contribution in [0, 0.1) is 6.92 Å². The van der Waals surface area contributed by atoms with Gasteiger partial charge in [-0.15, -0.1) is 0 Å². The Kier molecular flexibility index (Phi) is 5.62. The standard InChI is InChI=1S/C18H22N2O3S/c1-4-20(17-11-5-14(2)6-12-17)19-18(21)16-9-7-15(8-10-16)13-24(3,22)23/h5-12H,4,13H2,1-3H3,(H,19,21). The van der Waals surface area contributed by atoms with E-state index in [1.807, 2.05) is 38.1 Å². The van der Waals surface area contributed by atoms with Gasteiger partial charge in [-0.05, 0) is 43.7 Å². The van der Waals surface area contributed by atoms with Crippen LogP contribution >= 0.6 is 0 Å². The summed E-state index contributed by atoms with van der Waals surface area (Å²) in [5.41, 5.74) is 6.08. The van der Waals surface area contributed by atoms with Crippen molar-refractivity contribution in [2.75, 3.05) is 17.8 Å². The molecule has 0 spiro atoms. The summed E-state index contributed by atoms with van der Waals surface area (Å²) in [6.07, 6.45) is 1.19. The molecule has 6 heteroatoms. The minimum absolute atomic E-state index is 0.0284. The Labute approximate surface area is 143 Å². The van der Waals surface area contributed by atoms with Crippen LogP contribution in [0.3, 0.4) is 0 Å². The van der Waals surface area contributed by atoms with Gasteiger partial charge in [0.15, 0.2) is 9.84 Å². The summed E-state index contributed by atoms with van der Waals surface area (Å²) in [5, 5.41) is 1.77. The van der Waals surface area contributed by atoms with Gasteiger partial charge in [0.2, 0.25) is 0 Å². The zero-order chi connectivity index (χ0) is 17.7. The number of carbonyl (C=O) groups excluding carboxylic acids is 1. The molecule has 0 fully saturated rings. The first-order chi connectivity index (χ1) is 11.3. The lowest BCUT2D eigenvalue weighted by atomic mass is 10.1. The number of sulfone groups is 1. The first kappa shape index (κ1) is 18.0. The normalized spacial score (nSPS) is 11.1. The SMILES string of the molecule is CCN(NC(=O)c1ccc(CS(C)(=O)=O)cc1)c1ccc(C)cc1. The topological polar surface area (TPSA) is 66.5 Å². The maximum Gasteiger partial charge on any atom is 0.269 e. The van der Waals surface area contributed by atoms with Crippen molar-refractivity contribution >= 4 is 21.4 Å². The minimum atomic E-state index is -3.08. The molecule has 2 aromatic carbocycles. The second-order valence-electron chi connectivity index (χ2n) is 5.79. The van der Waals surface area contributed by atoms with Crippen molar-refractivity contribution in [3.63, 3.8) is 0 Å². The summed E-state index contributed by atoms with van der Waals surface area (Å²) in [4.78, 5) is 12.4. The molecule has 1 N–H and O–H groups in total. The molecule has 0 heterocycles. The Morgan fingerprint density at radius 1 is 1.04 bits per heavy atom. The van der Waals surface area contributed by atoms with E-state index >= 15 is 0 Å². The lowest BCUT2D eigenvalue weighted by molar-refractivity contribution is 0.0949. The number of amides is 1. The highest BCUT2D eigenvalue weighted by Crippen LogP contribution is 2.14. The molecule has 2 aromatic rings. The van der Waals surface area contributed by atoms with Crippen molar-refractivity contribution in [2.45, 2.75) is 19.6 Å². The van der Waals surface area contributed by atoms with Crippen LogP contribution in [0.5, 0.6) is 0 Å². The van der Waals surface area contributed by atoms with Crippen molar-refractivity contribution < 1.29 is 13.2 Å². The zero-order valence-electron chi connectivity index (χ0n) is 14.1. The number of anilines is 1. The molecule has 0 radical (unpaired) electrons. The number of aryl methyl sites for hydroxylation is 1. The van der Waals surface area contributed by atoms with Crippen molar-refractivity contribution in [3.8, 4) is 0 Å². The number of hydrogen-bond acceptors (Lipinski definition) is 4. The van der Waals surface area contributed by atoms with Crippen LogP contribution in [-0.2, 0) is 15.6 Å². The van der Waals surface area contributed by atoms with E-state index < -0.39 is 9.84 Å². The molecule has 0 saturated heterocycles. The third kappa shape index (κ3) is 5.09. The Balaban J connectivity index is 2.09. The summed E-state index contributed by atoms with van der Waals surface area (Å²) in [5.74, 6) is -0.261. The average molecular weight is 346 g/mol. The smallest absolute Gasteiger partial charge is 0.269 e. The number of rotatable bonds is 6. The van der Waals surface area contributed by atoms with Crippen LogP contribution in [0.4, 0.5) is 5.69 Å². The number of carbonyl (C=O) groups is 1. The molecule has 5 nitrogen and oxygen atoms in total. The average Bonchev–Trinajstić information content (AvgIpc) is 2.52. The molecule has 24 heavy (non-hydrogen) atoms. The second kappa shape index (κ2) is 7.49. The van der Waals surface area contributed by atoms with Crippen molar-refractivity contribution in [3.05, 3.63) is 65.2 Å². The largest absolute Gasteiger partial charge is 0.286 e. The summed E-state index contributed by atoms with van der Waals surface area (Å²) in [6, 6.07) is 14.5. The van der Waals surface area contributed by atoms with E-state index in [1.54, 1.807) is 29.3 Å². The van der Waals surface area contributed by atoms with Crippen molar-refractivity contribution in [1.82, 2.24) is 5.43 Å². The molecule has 1 amide bonds. The maximum atomic E-state index is 12.4. The highest BCUT2D eigenvalue weighted by atomic mass is 32.2. The summed E-state index contributed by atoms with van der Waals surface area (Å²) >= 11 is 0. The highest BCUT2D eigenvalue weighted by Gasteiger charge is 2.11. The number of nitrogens with zero attached hydrogens (tertiary/aromatic N) is 1. The molecule has 0 aliphatic rings. The molecule has 2 rings (SSSR count). The van der Waals surface area contributed by atoms with E-state index in [0.717, 1.165) is 11.3 Å². The zero-order valence-corrected chi connectivity index (χ0v) is 14.9. The Hall–Kier alpha value is -2.34. The van der Waals surface area contributed by atoms with Gasteiger partial charge in [-0.3, -0.25) is 15.2 Å². The maximum absolute atomic E-state index is 12.4. The molecule has 0 saturated carbocycles. The summed E-state index contributed by atoms with van der Waals surface area (Å²) < 4.78 is 22.6. The molecule has 0 aromatic heterocycles. The van der Waals surface area contributed by atoms with Gasteiger partial charge in [0.25, 0.3) is 5.91 Å². The van der Waals surface area contributed by atoms with Crippen molar-refractivity contribution in [1.29, 1.82) is 0 Å². The van der Waals surface area contributed by atoms with E-state index in [-0.39, 0.29) is 11.7 Å². The molecule has 0 aliphatic heterocycles. The number of hydrazine groups is 1. The Bertz CT molecular complexity index is 797. The van der Waals surface area contributed by atoms with E-state index in [0.29, 0.717) is 17.7 Å².